The molecule has 4 amide bonds. The molecule has 0 bridgehead atoms. The predicted octanol–water partition coefficient (Wildman–Crippen LogP) is 3.24. The SMILES string of the molecule is CC(C)CCCN1C(=O)NC(=O)/C(=C\c2ccccc2Cl)C1=O. The first-order chi connectivity index (χ1) is 10.9. The summed E-state index contributed by atoms with van der Waals surface area (Å²) in [6.45, 7) is 4.44. The lowest BCUT2D eigenvalue weighted by Gasteiger charge is -2.26. The predicted molar refractivity (Wildman–Crippen MR) is 88.8 cm³/mol. The van der Waals surface area contributed by atoms with E-state index in [9.17, 15) is 14.4 Å². The van der Waals surface area contributed by atoms with Gasteiger partial charge in [0, 0.05) is 11.6 Å². The maximum atomic E-state index is 12.5. The summed E-state index contributed by atoms with van der Waals surface area (Å²) in [6, 6.07) is 6.23. The van der Waals surface area contributed by atoms with E-state index in [1.54, 1.807) is 24.3 Å². The number of halogens is 1. The smallest absolute Gasteiger partial charge is 0.273 e. The Morgan fingerprint density at radius 3 is 2.57 bits per heavy atom. The highest BCUT2D eigenvalue weighted by molar-refractivity contribution is 6.34. The highest BCUT2D eigenvalue weighted by atomic mass is 35.5. The Morgan fingerprint density at radius 2 is 1.91 bits per heavy atom. The van der Waals surface area contributed by atoms with E-state index in [0.717, 1.165) is 11.3 Å². The fourth-order valence-corrected chi connectivity index (χ4v) is 2.49. The molecule has 1 aromatic carbocycles. The lowest BCUT2D eigenvalue weighted by molar-refractivity contribution is -0.130. The summed E-state index contributed by atoms with van der Waals surface area (Å²) >= 11 is 6.05. The van der Waals surface area contributed by atoms with Crippen molar-refractivity contribution >= 4 is 35.5 Å². The summed E-state index contributed by atoms with van der Waals surface area (Å²) in [5, 5.41) is 2.64. The maximum Gasteiger partial charge on any atom is 0.331 e. The second-order valence-corrected chi connectivity index (χ2v) is 6.24. The zero-order chi connectivity index (χ0) is 17.0. The van der Waals surface area contributed by atoms with Gasteiger partial charge in [-0.25, -0.2) is 4.79 Å². The van der Waals surface area contributed by atoms with Gasteiger partial charge in [-0.15, -0.1) is 0 Å². The van der Waals surface area contributed by atoms with Gasteiger partial charge in [-0.2, -0.15) is 0 Å². The Labute approximate surface area is 140 Å². The summed E-state index contributed by atoms with van der Waals surface area (Å²) < 4.78 is 0. The van der Waals surface area contributed by atoms with Gasteiger partial charge in [0.15, 0.2) is 0 Å². The van der Waals surface area contributed by atoms with Gasteiger partial charge in [-0.3, -0.25) is 19.8 Å². The molecule has 2 rings (SSSR count). The van der Waals surface area contributed by atoms with Crippen molar-refractivity contribution in [2.24, 2.45) is 5.92 Å². The van der Waals surface area contributed by atoms with Crippen LogP contribution in [-0.4, -0.2) is 29.3 Å². The van der Waals surface area contributed by atoms with Gasteiger partial charge >= 0.3 is 6.03 Å². The number of imide groups is 2. The Hall–Kier alpha value is -2.14. The summed E-state index contributed by atoms with van der Waals surface area (Å²) in [4.78, 5) is 37.4. The van der Waals surface area contributed by atoms with Crippen molar-refractivity contribution in [2.45, 2.75) is 26.7 Å². The molecule has 0 unspecified atom stereocenters. The number of amides is 4. The molecule has 0 atom stereocenters. The number of benzene rings is 1. The minimum absolute atomic E-state index is 0.0813. The number of carbonyl (C=O) groups is 3. The zero-order valence-electron chi connectivity index (χ0n) is 13.1. The van der Waals surface area contributed by atoms with Crippen LogP contribution in [0.2, 0.25) is 5.02 Å². The molecule has 0 radical (unpaired) electrons. The van der Waals surface area contributed by atoms with Gasteiger partial charge < -0.3 is 0 Å². The quantitative estimate of drug-likeness (QED) is 0.664. The van der Waals surface area contributed by atoms with Crippen LogP contribution in [0.25, 0.3) is 6.08 Å². The lowest BCUT2D eigenvalue weighted by Crippen LogP contribution is -2.54. The number of nitrogens with zero attached hydrogens (tertiary/aromatic N) is 1. The summed E-state index contributed by atoms with van der Waals surface area (Å²) in [6.07, 6.45) is 3.01. The molecule has 0 spiro atoms. The second kappa shape index (κ2) is 7.42. The van der Waals surface area contributed by atoms with E-state index >= 15 is 0 Å². The van der Waals surface area contributed by atoms with Gasteiger partial charge in [0.05, 0.1) is 0 Å². The summed E-state index contributed by atoms with van der Waals surface area (Å²) in [5.41, 5.74) is 0.478. The number of urea groups is 1. The lowest BCUT2D eigenvalue weighted by atomic mass is 10.1. The van der Waals surface area contributed by atoms with Crippen LogP contribution in [0.15, 0.2) is 29.8 Å². The van der Waals surface area contributed by atoms with E-state index in [1.165, 1.54) is 6.08 Å². The standard InChI is InChI=1S/C17H19ClN2O3/c1-11(2)6-5-9-20-16(22)13(15(21)19-17(20)23)10-12-7-3-4-8-14(12)18/h3-4,7-8,10-11H,5-6,9H2,1-2H3,(H,19,21,23)/b13-10+. The number of barbiturate groups is 1. The molecule has 1 saturated heterocycles. The first-order valence-electron chi connectivity index (χ1n) is 7.53. The van der Waals surface area contributed by atoms with Crippen molar-refractivity contribution < 1.29 is 14.4 Å². The first-order valence-corrected chi connectivity index (χ1v) is 7.91. The van der Waals surface area contributed by atoms with Gasteiger partial charge in [0.25, 0.3) is 11.8 Å². The number of nitrogens with one attached hydrogen (secondary N) is 1. The molecule has 122 valence electrons. The Morgan fingerprint density at radius 1 is 1.22 bits per heavy atom. The van der Waals surface area contributed by atoms with E-state index in [4.69, 9.17) is 11.6 Å². The van der Waals surface area contributed by atoms with E-state index in [-0.39, 0.29) is 12.1 Å². The number of carbonyl (C=O) groups excluding carboxylic acids is 3. The molecule has 1 aliphatic heterocycles. The number of hydrogen-bond acceptors (Lipinski definition) is 3. The van der Waals surface area contributed by atoms with Crippen molar-refractivity contribution in [3.8, 4) is 0 Å². The summed E-state index contributed by atoms with van der Waals surface area (Å²) in [5.74, 6) is -0.792. The van der Waals surface area contributed by atoms with Crippen LogP contribution in [0.5, 0.6) is 0 Å². The van der Waals surface area contributed by atoms with Gasteiger partial charge in [0.1, 0.15) is 5.57 Å². The van der Waals surface area contributed by atoms with Crippen LogP contribution in [0.3, 0.4) is 0 Å². The molecule has 0 aliphatic carbocycles. The van der Waals surface area contributed by atoms with Crippen LogP contribution >= 0.6 is 11.6 Å². The van der Waals surface area contributed by atoms with E-state index < -0.39 is 17.8 Å². The van der Waals surface area contributed by atoms with Crippen LogP contribution in [-0.2, 0) is 9.59 Å². The molecular weight excluding hydrogens is 316 g/mol. The third-order valence-electron chi connectivity index (χ3n) is 3.55. The highest BCUT2D eigenvalue weighted by Gasteiger charge is 2.35. The molecule has 1 N–H and O–H groups in total. The fourth-order valence-electron chi connectivity index (χ4n) is 2.30. The minimum Gasteiger partial charge on any atom is -0.273 e. The maximum absolute atomic E-state index is 12.5. The van der Waals surface area contributed by atoms with E-state index in [0.29, 0.717) is 22.9 Å². The largest absolute Gasteiger partial charge is 0.331 e. The zero-order valence-corrected chi connectivity index (χ0v) is 13.9. The highest BCUT2D eigenvalue weighted by Crippen LogP contribution is 2.21. The van der Waals surface area contributed by atoms with E-state index in [2.05, 4.69) is 19.2 Å². The van der Waals surface area contributed by atoms with Gasteiger partial charge in [0.2, 0.25) is 0 Å². The topological polar surface area (TPSA) is 66.5 Å². The van der Waals surface area contributed by atoms with Crippen molar-refractivity contribution in [3.63, 3.8) is 0 Å². The Balaban J connectivity index is 2.22. The van der Waals surface area contributed by atoms with Crippen LogP contribution in [0.1, 0.15) is 32.3 Å². The monoisotopic (exact) mass is 334 g/mol. The van der Waals surface area contributed by atoms with Crippen LogP contribution in [0, 0.1) is 5.92 Å². The van der Waals surface area contributed by atoms with Crippen LogP contribution in [0.4, 0.5) is 4.79 Å². The molecular formula is C17H19ClN2O3. The Bertz CT molecular complexity index is 668. The molecule has 0 saturated carbocycles. The average molecular weight is 335 g/mol. The third kappa shape index (κ3) is 4.20. The summed E-state index contributed by atoms with van der Waals surface area (Å²) in [7, 11) is 0. The van der Waals surface area contributed by atoms with Crippen molar-refractivity contribution in [2.75, 3.05) is 6.54 Å². The Kier molecular flexibility index (Phi) is 5.55. The van der Waals surface area contributed by atoms with Crippen LogP contribution < -0.4 is 5.32 Å². The molecule has 23 heavy (non-hydrogen) atoms. The molecule has 5 nitrogen and oxygen atoms in total. The molecule has 1 aromatic rings. The average Bonchev–Trinajstić information content (AvgIpc) is 2.48. The first kappa shape index (κ1) is 17.2. The second-order valence-electron chi connectivity index (χ2n) is 5.83. The fraction of sp³-hybridized carbons (Fsp3) is 0.353. The molecule has 1 fully saturated rings. The van der Waals surface area contributed by atoms with E-state index in [1.807, 2.05) is 0 Å². The molecule has 1 heterocycles. The van der Waals surface area contributed by atoms with Gasteiger partial charge in [-0.05, 0) is 36.5 Å². The van der Waals surface area contributed by atoms with Crippen molar-refractivity contribution in [1.82, 2.24) is 10.2 Å². The number of hydrogen-bond donors (Lipinski definition) is 1. The molecule has 0 aromatic heterocycles. The van der Waals surface area contributed by atoms with Gasteiger partial charge in [-0.1, -0.05) is 43.6 Å². The third-order valence-corrected chi connectivity index (χ3v) is 3.90. The minimum atomic E-state index is -0.694. The van der Waals surface area contributed by atoms with Crippen molar-refractivity contribution in [3.05, 3.63) is 40.4 Å². The van der Waals surface area contributed by atoms with Crippen molar-refractivity contribution in [1.29, 1.82) is 0 Å². The normalized spacial score (nSPS) is 17.1. The molecule has 1 aliphatic rings. The number of rotatable bonds is 5. The molecule has 6 heteroatoms.